The zero-order valence-corrected chi connectivity index (χ0v) is 26.2. The predicted molar refractivity (Wildman–Crippen MR) is 157 cm³/mol. The third-order valence-electron chi connectivity index (χ3n) is 9.25. The molecule has 0 saturated carbocycles. The summed E-state index contributed by atoms with van der Waals surface area (Å²) in [5.74, 6) is -4.91. The Kier molecular flexibility index (Phi) is 9.13. The summed E-state index contributed by atoms with van der Waals surface area (Å²) in [5, 5.41) is 8.73. The van der Waals surface area contributed by atoms with Crippen molar-refractivity contribution in [2.24, 2.45) is 0 Å². The van der Waals surface area contributed by atoms with Gasteiger partial charge in [0.25, 0.3) is 12.9 Å². The molecular weight excluding hydrogens is 704 g/mol. The highest BCUT2D eigenvalue weighted by molar-refractivity contribution is 6.36. The van der Waals surface area contributed by atoms with Crippen LogP contribution in [0.5, 0.6) is 11.8 Å². The van der Waals surface area contributed by atoms with Crippen molar-refractivity contribution in [3.8, 4) is 22.9 Å². The highest BCUT2D eigenvalue weighted by atomic mass is 35.5. The first kappa shape index (κ1) is 35.3. The number of ether oxygens (including phenoxy) is 2. The summed E-state index contributed by atoms with van der Waals surface area (Å²) >= 11 is 6.46. The van der Waals surface area contributed by atoms with E-state index >= 15 is 8.78 Å². The van der Waals surface area contributed by atoms with Crippen molar-refractivity contribution in [2.75, 3.05) is 43.5 Å². The Morgan fingerprint density at radius 2 is 1.88 bits per heavy atom. The number of alkyl halides is 8. The maximum Gasteiger partial charge on any atom is 0.417 e. The minimum Gasteiger partial charge on any atom is -0.489 e. The smallest absolute Gasteiger partial charge is 0.417 e. The monoisotopic (exact) mass is 731 g/mol. The zero-order valence-electron chi connectivity index (χ0n) is 25.4. The predicted octanol–water partition coefficient (Wildman–Crippen LogP) is 6.55. The van der Waals surface area contributed by atoms with Crippen molar-refractivity contribution in [3.63, 3.8) is 0 Å². The second kappa shape index (κ2) is 12.7. The van der Waals surface area contributed by atoms with Crippen LogP contribution >= 0.6 is 11.6 Å². The summed E-state index contributed by atoms with van der Waals surface area (Å²) in [6, 6.07) is -2.07. The summed E-state index contributed by atoms with van der Waals surface area (Å²) in [6.07, 6.45) is -14.7. The van der Waals surface area contributed by atoms with E-state index in [1.165, 1.54) is 0 Å². The number of hydrogen-bond acceptors (Lipinski definition) is 8. The number of aromatic nitrogens is 2. The zero-order chi connectivity index (χ0) is 35.7. The average Bonchev–Trinajstić information content (AvgIpc) is 3.48. The first-order valence-electron chi connectivity index (χ1n) is 15.0. The lowest BCUT2D eigenvalue weighted by Gasteiger charge is -2.34. The molecule has 4 atom stereocenters. The molecule has 0 spiro atoms. The van der Waals surface area contributed by atoms with E-state index in [9.17, 15) is 40.2 Å². The molecule has 0 bridgehead atoms. The van der Waals surface area contributed by atoms with Gasteiger partial charge in [0, 0.05) is 24.1 Å². The molecule has 1 aromatic heterocycles. The van der Waals surface area contributed by atoms with Crippen LogP contribution in [-0.2, 0) is 6.18 Å². The van der Waals surface area contributed by atoms with Crippen LogP contribution in [0.1, 0.15) is 30.4 Å². The Hall–Kier alpha value is -3.51. The van der Waals surface area contributed by atoms with E-state index in [2.05, 4.69) is 9.97 Å². The van der Waals surface area contributed by atoms with Crippen molar-refractivity contribution in [1.82, 2.24) is 14.9 Å². The van der Waals surface area contributed by atoms with Gasteiger partial charge in [0.15, 0.2) is 17.4 Å². The molecule has 2 fully saturated rings. The molecule has 268 valence electrons. The van der Waals surface area contributed by atoms with Crippen LogP contribution in [-0.4, -0.2) is 89.5 Å². The fraction of sp³-hybridized carbons (Fsp3) is 0.533. The minimum absolute atomic E-state index is 0.0496. The number of aliphatic hydroxyl groups is 1. The van der Waals surface area contributed by atoms with E-state index in [-0.39, 0.29) is 19.6 Å². The second-order valence-electron chi connectivity index (χ2n) is 12.3. The van der Waals surface area contributed by atoms with E-state index in [1.807, 2.05) is 4.90 Å². The first-order chi connectivity index (χ1) is 22.9. The molecule has 6 rings (SSSR count). The average molecular weight is 732 g/mol. The number of fused-ring (bicyclic) bond motifs is 1. The van der Waals surface area contributed by atoms with Crippen molar-refractivity contribution in [3.05, 3.63) is 33.9 Å². The molecule has 4 heterocycles. The summed E-state index contributed by atoms with van der Waals surface area (Å²) < 4.78 is 157. The van der Waals surface area contributed by atoms with Crippen LogP contribution in [0.15, 0.2) is 6.07 Å². The number of benzene rings is 2. The van der Waals surface area contributed by atoms with E-state index < -0.39 is 129 Å². The van der Waals surface area contributed by atoms with E-state index in [0.29, 0.717) is 30.4 Å². The molecule has 3 N–H and O–H groups in total. The van der Waals surface area contributed by atoms with Gasteiger partial charge in [0.1, 0.15) is 36.8 Å². The van der Waals surface area contributed by atoms with E-state index in [1.54, 1.807) is 0 Å². The van der Waals surface area contributed by atoms with Gasteiger partial charge in [-0.3, -0.25) is 4.90 Å². The number of nitrogen functional groups attached to an aromatic ring is 1. The second-order valence-corrected chi connectivity index (χ2v) is 12.7. The standard InChI is InChI=1S/C30H28ClF10N5O3/c1-11-5-13(42)21(35)16(19(11)30(39,40)41)17-20(31)25-18-23(22(17)36)43-28(49-10-29-3-2-4-45(29)7-12(32)6-29)44-27(18)46(8-15(33)34)14(9-48-25)24(47)26(37)38/h5,12,14-15,24,26,47H,2-4,6-10,42H2,1H3/t12-,14?,24?,29+/m1/s1. The number of nitrogens with two attached hydrogens (primary N) is 1. The molecule has 2 aromatic carbocycles. The normalized spacial score (nSPS) is 23.4. The largest absolute Gasteiger partial charge is 0.489 e. The molecule has 49 heavy (non-hydrogen) atoms. The number of hydrogen-bond donors (Lipinski definition) is 2. The summed E-state index contributed by atoms with van der Waals surface area (Å²) in [6.45, 7) is -1.11. The molecule has 3 aromatic rings. The van der Waals surface area contributed by atoms with Crippen LogP contribution in [0, 0.1) is 18.6 Å². The Morgan fingerprint density at radius 3 is 2.53 bits per heavy atom. The minimum atomic E-state index is -5.29. The number of anilines is 2. The van der Waals surface area contributed by atoms with E-state index in [4.69, 9.17) is 26.8 Å². The SMILES string of the molecule is Cc1cc(N)c(F)c(-c2c(Cl)c3c4c(nc(OC[C@@]56CCCN5C[C@H](F)C6)nc4c2F)N(CC(F)F)C(C(O)C(F)F)CO3)c1C(F)(F)F. The maximum absolute atomic E-state index is 16.8. The molecule has 19 heteroatoms. The molecule has 2 unspecified atom stereocenters. The van der Waals surface area contributed by atoms with Crippen LogP contribution in [0.4, 0.5) is 55.4 Å². The molecule has 8 nitrogen and oxygen atoms in total. The quantitative estimate of drug-likeness (QED) is 0.199. The highest BCUT2D eigenvalue weighted by Crippen LogP contribution is 2.52. The van der Waals surface area contributed by atoms with Crippen molar-refractivity contribution < 1.29 is 58.5 Å². The summed E-state index contributed by atoms with van der Waals surface area (Å²) in [7, 11) is 0. The number of aliphatic hydroxyl groups excluding tert-OH is 1. The Labute approximate surface area is 276 Å². The van der Waals surface area contributed by atoms with Crippen LogP contribution in [0.25, 0.3) is 22.0 Å². The fourth-order valence-corrected chi connectivity index (χ4v) is 7.49. The number of nitrogens with zero attached hydrogens (tertiary/aromatic N) is 4. The van der Waals surface area contributed by atoms with Gasteiger partial charge in [0.2, 0.25) is 0 Å². The fourth-order valence-electron chi connectivity index (χ4n) is 7.17. The van der Waals surface area contributed by atoms with Crippen molar-refractivity contribution >= 4 is 34.0 Å². The lowest BCUT2D eigenvalue weighted by molar-refractivity contribution is -0.137. The van der Waals surface area contributed by atoms with Gasteiger partial charge in [-0.15, -0.1) is 0 Å². The molecule has 0 aliphatic carbocycles. The van der Waals surface area contributed by atoms with Gasteiger partial charge < -0.3 is 25.2 Å². The van der Waals surface area contributed by atoms with Gasteiger partial charge in [-0.05, 0) is 37.9 Å². The van der Waals surface area contributed by atoms with Crippen LogP contribution < -0.4 is 20.1 Å². The molecular formula is C30H28ClF10N5O3. The molecule has 2 saturated heterocycles. The first-order valence-corrected chi connectivity index (χ1v) is 15.4. The number of rotatable bonds is 8. The van der Waals surface area contributed by atoms with Crippen molar-refractivity contribution in [2.45, 2.75) is 69.1 Å². The summed E-state index contributed by atoms with van der Waals surface area (Å²) in [5.41, 5.74) is -1.87. The Balaban J connectivity index is 1.64. The maximum atomic E-state index is 16.8. The van der Waals surface area contributed by atoms with Gasteiger partial charge in [-0.2, -0.15) is 23.1 Å². The van der Waals surface area contributed by atoms with Gasteiger partial charge in [0.05, 0.1) is 39.8 Å². The van der Waals surface area contributed by atoms with Crippen LogP contribution in [0.3, 0.4) is 0 Å². The molecule has 0 amide bonds. The number of aryl methyl sites for hydroxylation is 1. The summed E-state index contributed by atoms with van der Waals surface area (Å²) in [4.78, 5) is 10.5. The Morgan fingerprint density at radius 1 is 1.16 bits per heavy atom. The van der Waals surface area contributed by atoms with Gasteiger partial charge in [-0.25, -0.2) is 30.7 Å². The number of halogens is 11. The lowest BCUT2D eigenvalue weighted by atomic mass is 9.92. The molecule has 0 radical (unpaired) electrons. The van der Waals surface area contributed by atoms with Gasteiger partial charge >= 0.3 is 12.2 Å². The van der Waals surface area contributed by atoms with E-state index in [0.717, 1.165) is 6.92 Å². The van der Waals surface area contributed by atoms with Gasteiger partial charge in [-0.1, -0.05) is 11.6 Å². The Bertz CT molecular complexity index is 1780. The van der Waals surface area contributed by atoms with Crippen LogP contribution in [0.2, 0.25) is 5.02 Å². The molecule has 3 aliphatic heterocycles. The topological polar surface area (TPSA) is 97.0 Å². The highest BCUT2D eigenvalue weighted by Gasteiger charge is 2.50. The lowest BCUT2D eigenvalue weighted by Crippen LogP contribution is -2.51. The van der Waals surface area contributed by atoms with Crippen molar-refractivity contribution in [1.29, 1.82) is 0 Å². The third kappa shape index (κ3) is 6.02. The molecule has 3 aliphatic rings. The third-order valence-corrected chi connectivity index (χ3v) is 9.61.